The van der Waals surface area contributed by atoms with E-state index in [-0.39, 0.29) is 6.10 Å². The highest BCUT2D eigenvalue weighted by atomic mass is 16.5. The summed E-state index contributed by atoms with van der Waals surface area (Å²) in [5, 5.41) is 14.0. The Morgan fingerprint density at radius 3 is 2.11 bits per heavy atom. The third-order valence-electron chi connectivity index (χ3n) is 5.45. The van der Waals surface area contributed by atoms with E-state index in [4.69, 9.17) is 4.74 Å². The smallest absolute Gasteiger partial charge is 0.127 e. The van der Waals surface area contributed by atoms with E-state index in [1.165, 1.54) is 11.1 Å². The average Bonchev–Trinajstić information content (AvgIpc) is 2.74. The van der Waals surface area contributed by atoms with E-state index in [9.17, 15) is 5.11 Å². The van der Waals surface area contributed by atoms with Crippen LogP contribution in [0.3, 0.4) is 0 Å². The summed E-state index contributed by atoms with van der Waals surface area (Å²) in [5.41, 5.74) is 2.55. The van der Waals surface area contributed by atoms with Crippen LogP contribution in [0.5, 0.6) is 11.5 Å². The highest BCUT2D eigenvalue weighted by molar-refractivity contribution is 5.33. The Hall–Kier alpha value is -2.62. The lowest BCUT2D eigenvalue weighted by Crippen LogP contribution is -2.38. The number of rotatable bonds is 6. The first kappa shape index (κ1) is 18.7. The van der Waals surface area contributed by atoms with Gasteiger partial charge in [-0.15, -0.1) is 0 Å². The SMILES string of the molecule is OC1CC(NCc2ccc(Oc3ccccc3)cc2)CC(c2ccccc2)C1. The molecular formula is C25H27NO2. The zero-order valence-electron chi connectivity index (χ0n) is 16.0. The summed E-state index contributed by atoms with van der Waals surface area (Å²) in [5.74, 6) is 2.10. The monoisotopic (exact) mass is 373 g/mol. The van der Waals surface area contributed by atoms with Crippen molar-refractivity contribution in [2.45, 2.75) is 43.9 Å². The van der Waals surface area contributed by atoms with Crippen molar-refractivity contribution in [2.24, 2.45) is 0 Å². The molecule has 0 aliphatic heterocycles. The van der Waals surface area contributed by atoms with E-state index >= 15 is 0 Å². The van der Waals surface area contributed by atoms with Crippen LogP contribution in [0.4, 0.5) is 0 Å². The maximum atomic E-state index is 10.3. The van der Waals surface area contributed by atoms with Crippen LogP contribution in [-0.2, 0) is 6.54 Å². The Balaban J connectivity index is 1.32. The minimum absolute atomic E-state index is 0.238. The molecule has 1 aliphatic rings. The molecule has 3 nitrogen and oxygen atoms in total. The zero-order chi connectivity index (χ0) is 19.2. The van der Waals surface area contributed by atoms with Crippen LogP contribution in [0.1, 0.15) is 36.3 Å². The molecule has 3 atom stereocenters. The summed E-state index contributed by atoms with van der Waals surface area (Å²) in [7, 11) is 0. The molecule has 3 aromatic carbocycles. The second kappa shape index (κ2) is 9.05. The predicted molar refractivity (Wildman–Crippen MR) is 113 cm³/mol. The van der Waals surface area contributed by atoms with Gasteiger partial charge in [-0.1, -0.05) is 60.7 Å². The minimum Gasteiger partial charge on any atom is -0.457 e. The van der Waals surface area contributed by atoms with Crippen LogP contribution in [0, 0.1) is 0 Å². The van der Waals surface area contributed by atoms with Crippen molar-refractivity contribution in [2.75, 3.05) is 0 Å². The zero-order valence-corrected chi connectivity index (χ0v) is 16.0. The van der Waals surface area contributed by atoms with E-state index in [0.717, 1.165) is 37.3 Å². The van der Waals surface area contributed by atoms with Crippen LogP contribution in [-0.4, -0.2) is 17.3 Å². The third kappa shape index (κ3) is 5.00. The van der Waals surface area contributed by atoms with Crippen molar-refractivity contribution in [1.29, 1.82) is 0 Å². The lowest BCUT2D eigenvalue weighted by molar-refractivity contribution is 0.100. The van der Waals surface area contributed by atoms with Gasteiger partial charge in [-0.05, 0) is 60.6 Å². The topological polar surface area (TPSA) is 41.5 Å². The van der Waals surface area contributed by atoms with Crippen LogP contribution < -0.4 is 10.1 Å². The van der Waals surface area contributed by atoms with Gasteiger partial charge in [0.15, 0.2) is 0 Å². The maximum absolute atomic E-state index is 10.3. The summed E-state index contributed by atoms with van der Waals surface area (Å²) < 4.78 is 5.85. The van der Waals surface area contributed by atoms with Gasteiger partial charge >= 0.3 is 0 Å². The fraction of sp³-hybridized carbons (Fsp3) is 0.280. The Labute approximate surface area is 167 Å². The standard InChI is InChI=1S/C25H27NO2/c27-23-16-21(20-7-3-1-4-8-20)15-22(17-23)26-18-19-11-13-25(14-12-19)28-24-9-5-2-6-10-24/h1-14,21-23,26-27H,15-18H2. The molecule has 1 aliphatic carbocycles. The Morgan fingerprint density at radius 1 is 0.750 bits per heavy atom. The summed E-state index contributed by atoms with van der Waals surface area (Å²) in [6, 6.07) is 28.9. The Bertz CT molecular complexity index is 849. The second-order valence-corrected chi connectivity index (χ2v) is 7.61. The van der Waals surface area contributed by atoms with E-state index in [1.54, 1.807) is 0 Å². The van der Waals surface area contributed by atoms with Crippen molar-refractivity contribution in [3.63, 3.8) is 0 Å². The third-order valence-corrected chi connectivity index (χ3v) is 5.45. The van der Waals surface area contributed by atoms with Gasteiger partial charge in [0.1, 0.15) is 11.5 Å². The van der Waals surface area contributed by atoms with E-state index in [0.29, 0.717) is 12.0 Å². The van der Waals surface area contributed by atoms with Gasteiger partial charge in [0.05, 0.1) is 6.10 Å². The average molecular weight is 373 g/mol. The highest BCUT2D eigenvalue weighted by Crippen LogP contribution is 2.33. The van der Waals surface area contributed by atoms with Crippen LogP contribution in [0.2, 0.25) is 0 Å². The van der Waals surface area contributed by atoms with Crippen molar-refractivity contribution in [3.8, 4) is 11.5 Å². The first-order chi connectivity index (χ1) is 13.8. The predicted octanol–water partition coefficient (Wildman–Crippen LogP) is 5.27. The number of hydrogen-bond acceptors (Lipinski definition) is 3. The lowest BCUT2D eigenvalue weighted by atomic mass is 9.80. The van der Waals surface area contributed by atoms with Crippen molar-refractivity contribution in [3.05, 3.63) is 96.1 Å². The van der Waals surface area contributed by atoms with Crippen LogP contribution >= 0.6 is 0 Å². The second-order valence-electron chi connectivity index (χ2n) is 7.61. The molecule has 0 bridgehead atoms. The number of para-hydroxylation sites is 1. The molecule has 4 rings (SSSR count). The molecule has 0 aromatic heterocycles. The van der Waals surface area contributed by atoms with Gasteiger partial charge in [-0.2, -0.15) is 0 Å². The van der Waals surface area contributed by atoms with Gasteiger partial charge in [0.2, 0.25) is 0 Å². The molecular weight excluding hydrogens is 346 g/mol. The highest BCUT2D eigenvalue weighted by Gasteiger charge is 2.28. The minimum atomic E-state index is -0.238. The number of ether oxygens (including phenoxy) is 1. The maximum Gasteiger partial charge on any atom is 0.127 e. The van der Waals surface area contributed by atoms with Gasteiger partial charge in [-0.3, -0.25) is 0 Å². The van der Waals surface area contributed by atoms with Crippen LogP contribution in [0.15, 0.2) is 84.9 Å². The van der Waals surface area contributed by atoms with Gasteiger partial charge in [0, 0.05) is 12.6 Å². The Morgan fingerprint density at radius 2 is 1.39 bits per heavy atom. The molecule has 3 aromatic rings. The first-order valence-corrected chi connectivity index (χ1v) is 10.0. The van der Waals surface area contributed by atoms with Gasteiger partial charge < -0.3 is 15.2 Å². The molecule has 0 saturated heterocycles. The van der Waals surface area contributed by atoms with E-state index in [1.807, 2.05) is 48.5 Å². The van der Waals surface area contributed by atoms with Crippen LogP contribution in [0.25, 0.3) is 0 Å². The number of nitrogens with one attached hydrogen (secondary N) is 1. The van der Waals surface area contributed by atoms with Gasteiger partial charge in [0.25, 0.3) is 0 Å². The summed E-state index contributed by atoms with van der Waals surface area (Å²) in [4.78, 5) is 0. The lowest BCUT2D eigenvalue weighted by Gasteiger charge is -2.33. The van der Waals surface area contributed by atoms with Crippen molar-refractivity contribution in [1.82, 2.24) is 5.32 Å². The number of aliphatic hydroxyl groups is 1. The summed E-state index contributed by atoms with van der Waals surface area (Å²) in [6.45, 7) is 0.796. The molecule has 144 valence electrons. The Kier molecular flexibility index (Phi) is 6.05. The van der Waals surface area contributed by atoms with E-state index in [2.05, 4.69) is 41.7 Å². The number of benzene rings is 3. The molecule has 2 N–H and O–H groups in total. The molecule has 0 spiro atoms. The fourth-order valence-corrected chi connectivity index (χ4v) is 4.02. The molecule has 1 saturated carbocycles. The fourth-order valence-electron chi connectivity index (χ4n) is 4.02. The van der Waals surface area contributed by atoms with Crippen molar-refractivity contribution >= 4 is 0 Å². The molecule has 0 radical (unpaired) electrons. The molecule has 28 heavy (non-hydrogen) atoms. The van der Waals surface area contributed by atoms with E-state index < -0.39 is 0 Å². The number of hydrogen-bond donors (Lipinski definition) is 2. The van der Waals surface area contributed by atoms with Gasteiger partial charge in [-0.25, -0.2) is 0 Å². The quantitative estimate of drug-likeness (QED) is 0.619. The first-order valence-electron chi connectivity index (χ1n) is 10.0. The molecule has 3 heteroatoms. The van der Waals surface area contributed by atoms with Crippen molar-refractivity contribution < 1.29 is 9.84 Å². The molecule has 0 heterocycles. The molecule has 3 unspecified atom stereocenters. The summed E-state index contributed by atoms with van der Waals surface area (Å²) >= 11 is 0. The number of aliphatic hydroxyl groups excluding tert-OH is 1. The molecule has 1 fully saturated rings. The largest absolute Gasteiger partial charge is 0.457 e. The molecule has 0 amide bonds. The summed E-state index contributed by atoms with van der Waals surface area (Å²) in [6.07, 6.45) is 2.50. The normalized spacial score (nSPS) is 22.0.